The Morgan fingerprint density at radius 3 is 2.76 bits per heavy atom. The van der Waals surface area contributed by atoms with Crippen molar-refractivity contribution >= 4 is 16.9 Å². The first-order valence-corrected chi connectivity index (χ1v) is 7.96. The average Bonchev–Trinajstić information content (AvgIpc) is 2.99. The largest absolute Gasteiger partial charge is 0.352 e. The molecule has 8 nitrogen and oxygen atoms in total. The predicted octanol–water partition coefficient (Wildman–Crippen LogP) is 0.805. The fourth-order valence-corrected chi connectivity index (χ4v) is 2.57. The monoisotopic (exact) mass is 341 g/mol. The van der Waals surface area contributed by atoms with E-state index in [4.69, 9.17) is 0 Å². The SMILES string of the molecule is Cc1ccc2[nH]c(CCC(=O)NCc3c[nH]c(=O)[nH]c3=O)nc2c1C. The maximum atomic E-state index is 12.0. The van der Waals surface area contributed by atoms with Gasteiger partial charge in [-0.15, -0.1) is 0 Å². The van der Waals surface area contributed by atoms with E-state index in [0.29, 0.717) is 12.0 Å². The number of hydrogen-bond acceptors (Lipinski definition) is 4. The molecule has 0 fully saturated rings. The van der Waals surface area contributed by atoms with Crippen LogP contribution in [0.5, 0.6) is 0 Å². The highest BCUT2D eigenvalue weighted by molar-refractivity contribution is 5.80. The van der Waals surface area contributed by atoms with Crippen LogP contribution in [-0.2, 0) is 17.8 Å². The van der Waals surface area contributed by atoms with Crippen LogP contribution in [0, 0.1) is 13.8 Å². The maximum absolute atomic E-state index is 12.0. The van der Waals surface area contributed by atoms with E-state index in [9.17, 15) is 14.4 Å². The van der Waals surface area contributed by atoms with Crippen molar-refractivity contribution in [1.82, 2.24) is 25.3 Å². The fraction of sp³-hybridized carbons (Fsp3) is 0.294. The third kappa shape index (κ3) is 3.68. The zero-order valence-electron chi connectivity index (χ0n) is 14.0. The van der Waals surface area contributed by atoms with Crippen molar-refractivity contribution in [2.75, 3.05) is 0 Å². The summed E-state index contributed by atoms with van der Waals surface area (Å²) in [5.41, 5.74) is 3.40. The van der Waals surface area contributed by atoms with Crippen LogP contribution in [-0.4, -0.2) is 25.8 Å². The minimum absolute atomic E-state index is 0.0589. The van der Waals surface area contributed by atoms with E-state index in [1.165, 1.54) is 11.8 Å². The van der Waals surface area contributed by atoms with E-state index in [1.54, 1.807) is 0 Å². The molecule has 0 saturated carbocycles. The van der Waals surface area contributed by atoms with E-state index in [1.807, 2.05) is 26.0 Å². The molecule has 0 spiro atoms. The van der Waals surface area contributed by atoms with E-state index >= 15 is 0 Å². The third-order valence-electron chi connectivity index (χ3n) is 4.19. The minimum atomic E-state index is -0.574. The lowest BCUT2D eigenvalue weighted by Gasteiger charge is -2.03. The van der Waals surface area contributed by atoms with Gasteiger partial charge in [0.05, 0.1) is 16.6 Å². The Balaban J connectivity index is 1.60. The van der Waals surface area contributed by atoms with Crippen LogP contribution < -0.4 is 16.6 Å². The fourth-order valence-electron chi connectivity index (χ4n) is 2.57. The Hall–Kier alpha value is -3.16. The van der Waals surface area contributed by atoms with Gasteiger partial charge in [0.2, 0.25) is 5.91 Å². The molecule has 25 heavy (non-hydrogen) atoms. The van der Waals surface area contributed by atoms with E-state index in [0.717, 1.165) is 22.4 Å². The summed E-state index contributed by atoms with van der Waals surface area (Å²) in [5, 5.41) is 2.66. The summed E-state index contributed by atoms with van der Waals surface area (Å²) in [6.07, 6.45) is 2.02. The predicted molar refractivity (Wildman–Crippen MR) is 93.4 cm³/mol. The number of aromatic nitrogens is 4. The van der Waals surface area contributed by atoms with Crippen molar-refractivity contribution in [3.8, 4) is 0 Å². The highest BCUT2D eigenvalue weighted by atomic mass is 16.2. The molecule has 1 aromatic carbocycles. The number of aryl methyl sites for hydroxylation is 3. The van der Waals surface area contributed by atoms with Crippen LogP contribution in [0.25, 0.3) is 11.0 Å². The number of nitrogens with one attached hydrogen (secondary N) is 4. The molecular formula is C17H19N5O3. The first-order chi connectivity index (χ1) is 11.9. The van der Waals surface area contributed by atoms with Crippen molar-refractivity contribution in [3.05, 3.63) is 61.7 Å². The topological polar surface area (TPSA) is 123 Å². The van der Waals surface area contributed by atoms with Gasteiger partial charge >= 0.3 is 5.69 Å². The third-order valence-corrected chi connectivity index (χ3v) is 4.19. The van der Waals surface area contributed by atoms with E-state index in [2.05, 4.69) is 25.3 Å². The minimum Gasteiger partial charge on any atom is -0.352 e. The van der Waals surface area contributed by atoms with Crippen LogP contribution in [0.1, 0.15) is 28.9 Å². The molecule has 0 aliphatic rings. The lowest BCUT2D eigenvalue weighted by molar-refractivity contribution is -0.121. The van der Waals surface area contributed by atoms with Gasteiger partial charge in [-0.3, -0.25) is 14.6 Å². The molecule has 2 aromatic heterocycles. The molecule has 3 aromatic rings. The summed E-state index contributed by atoms with van der Waals surface area (Å²) in [4.78, 5) is 46.7. The van der Waals surface area contributed by atoms with Crippen LogP contribution in [0.4, 0.5) is 0 Å². The highest BCUT2D eigenvalue weighted by Gasteiger charge is 2.09. The molecule has 0 aliphatic carbocycles. The summed E-state index contributed by atoms with van der Waals surface area (Å²) < 4.78 is 0. The normalized spacial score (nSPS) is 11.0. The maximum Gasteiger partial charge on any atom is 0.325 e. The van der Waals surface area contributed by atoms with E-state index in [-0.39, 0.29) is 18.9 Å². The van der Waals surface area contributed by atoms with Gasteiger partial charge in [0.25, 0.3) is 5.56 Å². The molecule has 3 rings (SSSR count). The number of imidazole rings is 1. The number of amides is 1. The standard InChI is InChI=1S/C17H19N5O3/c1-9-3-4-12-15(10(9)2)21-13(20-12)5-6-14(23)18-7-11-8-19-17(25)22-16(11)24/h3-4,8H,5-7H2,1-2H3,(H,18,23)(H,20,21)(H2,19,22,24,25). The zero-order chi connectivity index (χ0) is 18.0. The quantitative estimate of drug-likeness (QED) is 0.548. The van der Waals surface area contributed by atoms with Crippen molar-refractivity contribution in [2.24, 2.45) is 0 Å². The Kier molecular flexibility index (Phi) is 4.51. The number of aromatic amines is 3. The summed E-state index contributed by atoms with van der Waals surface area (Å²) in [5.74, 6) is 0.555. The van der Waals surface area contributed by atoms with E-state index < -0.39 is 11.2 Å². The van der Waals surface area contributed by atoms with Gasteiger partial charge in [0.15, 0.2) is 0 Å². The summed E-state index contributed by atoms with van der Waals surface area (Å²) in [7, 11) is 0. The number of hydrogen-bond donors (Lipinski definition) is 4. The number of H-pyrrole nitrogens is 3. The second kappa shape index (κ2) is 6.76. The van der Waals surface area contributed by atoms with Gasteiger partial charge < -0.3 is 15.3 Å². The van der Waals surface area contributed by atoms with Crippen LogP contribution >= 0.6 is 0 Å². The van der Waals surface area contributed by atoms with Gasteiger partial charge in [0.1, 0.15) is 5.82 Å². The van der Waals surface area contributed by atoms with Gasteiger partial charge in [-0.25, -0.2) is 9.78 Å². The molecule has 130 valence electrons. The van der Waals surface area contributed by atoms with Gasteiger partial charge in [-0.05, 0) is 31.0 Å². The molecule has 0 bridgehead atoms. The summed E-state index contributed by atoms with van der Waals surface area (Å²) in [6, 6.07) is 4.02. The molecular weight excluding hydrogens is 322 g/mol. The Morgan fingerprint density at radius 2 is 2.00 bits per heavy atom. The first kappa shape index (κ1) is 16.7. The van der Waals surface area contributed by atoms with Crippen molar-refractivity contribution in [3.63, 3.8) is 0 Å². The Bertz CT molecular complexity index is 1040. The first-order valence-electron chi connectivity index (χ1n) is 7.96. The van der Waals surface area contributed by atoms with Crippen LogP contribution in [0.3, 0.4) is 0 Å². The number of nitrogens with zero attached hydrogens (tertiary/aromatic N) is 1. The number of carbonyl (C=O) groups excluding carboxylic acids is 1. The molecule has 8 heteroatoms. The van der Waals surface area contributed by atoms with Crippen molar-refractivity contribution in [1.29, 1.82) is 0 Å². The summed E-state index contributed by atoms with van der Waals surface area (Å²) in [6.45, 7) is 4.12. The molecule has 0 aliphatic heterocycles. The zero-order valence-corrected chi connectivity index (χ0v) is 14.0. The second-order valence-corrected chi connectivity index (χ2v) is 5.96. The molecule has 0 unspecified atom stereocenters. The molecule has 1 amide bonds. The number of benzene rings is 1. The molecule has 0 radical (unpaired) electrons. The van der Waals surface area contributed by atoms with Crippen molar-refractivity contribution in [2.45, 2.75) is 33.2 Å². The summed E-state index contributed by atoms with van der Waals surface area (Å²) >= 11 is 0. The highest BCUT2D eigenvalue weighted by Crippen LogP contribution is 2.19. The number of fused-ring (bicyclic) bond motifs is 1. The number of rotatable bonds is 5. The Labute approximate surface area is 142 Å². The van der Waals surface area contributed by atoms with Gasteiger partial charge in [0, 0.05) is 25.6 Å². The molecule has 0 saturated heterocycles. The van der Waals surface area contributed by atoms with Crippen molar-refractivity contribution < 1.29 is 4.79 Å². The average molecular weight is 341 g/mol. The Morgan fingerprint density at radius 1 is 1.20 bits per heavy atom. The van der Waals surface area contributed by atoms with Crippen LogP contribution in [0.15, 0.2) is 27.9 Å². The molecule has 2 heterocycles. The number of carbonyl (C=O) groups is 1. The lowest BCUT2D eigenvalue weighted by atomic mass is 10.1. The van der Waals surface area contributed by atoms with Gasteiger partial charge in [-0.1, -0.05) is 6.07 Å². The second-order valence-electron chi connectivity index (χ2n) is 5.96. The molecule has 0 atom stereocenters. The molecule has 4 N–H and O–H groups in total. The lowest BCUT2D eigenvalue weighted by Crippen LogP contribution is -2.30. The smallest absolute Gasteiger partial charge is 0.325 e. The van der Waals surface area contributed by atoms with Gasteiger partial charge in [-0.2, -0.15) is 0 Å². The van der Waals surface area contributed by atoms with Crippen LogP contribution in [0.2, 0.25) is 0 Å².